The van der Waals surface area contributed by atoms with Crippen LogP contribution in [-0.4, -0.2) is 9.91 Å². The number of nitrogens with one attached hydrogen (secondary N) is 1. The summed E-state index contributed by atoms with van der Waals surface area (Å²) in [6.45, 7) is 0.625. The number of benzene rings is 2. The van der Waals surface area contributed by atoms with Crippen molar-refractivity contribution in [2.75, 3.05) is 5.32 Å². The van der Waals surface area contributed by atoms with Gasteiger partial charge in [-0.15, -0.1) is 0 Å². The smallest absolute Gasteiger partial charge is 0.295 e. The summed E-state index contributed by atoms with van der Waals surface area (Å²) in [6.07, 6.45) is 0. The number of aromatic nitrogens is 1. The molecule has 0 saturated heterocycles. The summed E-state index contributed by atoms with van der Waals surface area (Å²) in [7, 11) is 0. The van der Waals surface area contributed by atoms with E-state index in [1.165, 1.54) is 6.07 Å². The molecule has 0 aliphatic rings. The van der Waals surface area contributed by atoms with E-state index in [1.807, 2.05) is 48.5 Å². The Hall–Kier alpha value is -2.95. The Labute approximate surface area is 121 Å². The van der Waals surface area contributed by atoms with Gasteiger partial charge in [0, 0.05) is 18.0 Å². The summed E-state index contributed by atoms with van der Waals surface area (Å²) in [5, 5.41) is 15.0. The third-order valence-electron chi connectivity index (χ3n) is 3.21. The minimum absolute atomic E-state index is 0.0239. The van der Waals surface area contributed by atoms with E-state index in [2.05, 4.69) is 10.3 Å². The maximum absolute atomic E-state index is 11.1. The summed E-state index contributed by atoms with van der Waals surface area (Å²) in [5.41, 5.74) is 1.55. The maximum atomic E-state index is 11.1. The predicted molar refractivity (Wildman–Crippen MR) is 82.2 cm³/mol. The summed E-state index contributed by atoms with van der Waals surface area (Å²) in [4.78, 5) is 15.0. The zero-order valence-electron chi connectivity index (χ0n) is 11.2. The number of anilines is 1. The van der Waals surface area contributed by atoms with Crippen molar-refractivity contribution in [3.63, 3.8) is 0 Å². The minimum Gasteiger partial charge on any atom is -0.366 e. The Morgan fingerprint density at radius 3 is 2.57 bits per heavy atom. The van der Waals surface area contributed by atoms with Crippen molar-refractivity contribution in [3.8, 4) is 0 Å². The second kappa shape index (κ2) is 5.58. The van der Waals surface area contributed by atoms with Crippen molar-refractivity contribution >= 4 is 22.4 Å². The zero-order chi connectivity index (χ0) is 14.7. The first kappa shape index (κ1) is 13.1. The lowest BCUT2D eigenvalue weighted by Gasteiger charge is -2.07. The van der Waals surface area contributed by atoms with E-state index >= 15 is 0 Å². The van der Waals surface area contributed by atoms with Gasteiger partial charge in [0.25, 0.3) is 5.69 Å². The van der Waals surface area contributed by atoms with Crippen LogP contribution < -0.4 is 5.32 Å². The van der Waals surface area contributed by atoms with Crippen LogP contribution in [0.25, 0.3) is 10.9 Å². The van der Waals surface area contributed by atoms with Gasteiger partial charge in [-0.05, 0) is 17.7 Å². The lowest BCUT2D eigenvalue weighted by Crippen LogP contribution is -2.01. The molecule has 0 bridgehead atoms. The van der Waals surface area contributed by atoms with Gasteiger partial charge in [0.05, 0.1) is 4.92 Å². The monoisotopic (exact) mass is 279 g/mol. The first-order valence-corrected chi connectivity index (χ1v) is 6.56. The Morgan fingerprint density at radius 2 is 1.81 bits per heavy atom. The predicted octanol–water partition coefficient (Wildman–Crippen LogP) is 3.76. The Kier molecular flexibility index (Phi) is 3.47. The van der Waals surface area contributed by atoms with Gasteiger partial charge in [-0.2, -0.15) is 0 Å². The zero-order valence-corrected chi connectivity index (χ0v) is 11.2. The molecule has 0 radical (unpaired) electrons. The van der Waals surface area contributed by atoms with Crippen LogP contribution in [0.1, 0.15) is 5.56 Å². The molecule has 3 aromatic rings. The fourth-order valence-electron chi connectivity index (χ4n) is 2.17. The number of hydrogen-bond acceptors (Lipinski definition) is 4. The van der Waals surface area contributed by atoms with Crippen LogP contribution in [0.2, 0.25) is 0 Å². The van der Waals surface area contributed by atoms with Crippen LogP contribution in [0, 0.1) is 10.1 Å². The van der Waals surface area contributed by atoms with Crippen molar-refractivity contribution in [2.24, 2.45) is 0 Å². The first-order valence-electron chi connectivity index (χ1n) is 6.56. The quantitative estimate of drug-likeness (QED) is 0.583. The topological polar surface area (TPSA) is 68.1 Å². The third kappa shape index (κ3) is 2.81. The number of nitro benzene ring substituents is 1. The highest BCUT2D eigenvalue weighted by molar-refractivity contribution is 5.88. The van der Waals surface area contributed by atoms with E-state index in [1.54, 1.807) is 6.07 Å². The Bertz CT molecular complexity index is 788. The van der Waals surface area contributed by atoms with Gasteiger partial charge in [-0.3, -0.25) is 10.1 Å². The average Bonchev–Trinajstić information content (AvgIpc) is 2.53. The highest BCUT2D eigenvalue weighted by Gasteiger charge is 2.12. The van der Waals surface area contributed by atoms with E-state index in [-0.39, 0.29) is 5.69 Å². The largest absolute Gasteiger partial charge is 0.366 e. The van der Waals surface area contributed by atoms with Crippen LogP contribution in [0.3, 0.4) is 0 Å². The molecule has 0 spiro atoms. The highest BCUT2D eigenvalue weighted by atomic mass is 16.6. The molecule has 0 aliphatic carbocycles. The second-order valence-corrected chi connectivity index (χ2v) is 4.64. The van der Waals surface area contributed by atoms with E-state index in [0.29, 0.717) is 17.9 Å². The fourth-order valence-corrected chi connectivity index (χ4v) is 2.17. The summed E-state index contributed by atoms with van der Waals surface area (Å²) in [5.74, 6) is 0.626. The van der Waals surface area contributed by atoms with Crippen LogP contribution in [0.15, 0.2) is 60.7 Å². The highest BCUT2D eigenvalue weighted by Crippen LogP contribution is 2.25. The molecule has 104 valence electrons. The van der Waals surface area contributed by atoms with Gasteiger partial charge in [0.1, 0.15) is 5.82 Å². The molecular formula is C16H13N3O2. The normalized spacial score (nSPS) is 10.5. The van der Waals surface area contributed by atoms with Gasteiger partial charge in [-0.1, -0.05) is 42.5 Å². The third-order valence-corrected chi connectivity index (χ3v) is 3.21. The summed E-state index contributed by atoms with van der Waals surface area (Å²) >= 11 is 0. The molecule has 3 rings (SSSR count). The number of pyridine rings is 1. The molecule has 2 aromatic carbocycles. The summed E-state index contributed by atoms with van der Waals surface area (Å²) < 4.78 is 0. The van der Waals surface area contributed by atoms with Crippen molar-refractivity contribution in [2.45, 2.75) is 6.54 Å². The van der Waals surface area contributed by atoms with E-state index < -0.39 is 4.92 Å². The molecule has 21 heavy (non-hydrogen) atoms. The van der Waals surface area contributed by atoms with E-state index in [0.717, 1.165) is 10.9 Å². The van der Waals surface area contributed by atoms with Gasteiger partial charge in [-0.25, -0.2) is 4.98 Å². The average molecular weight is 279 g/mol. The molecule has 0 aliphatic heterocycles. The van der Waals surface area contributed by atoms with Gasteiger partial charge in [0.15, 0.2) is 5.52 Å². The van der Waals surface area contributed by atoms with Gasteiger partial charge < -0.3 is 5.32 Å². The number of nitro groups is 1. The Balaban J connectivity index is 1.90. The number of rotatable bonds is 4. The Morgan fingerprint density at radius 1 is 1.00 bits per heavy atom. The summed E-state index contributed by atoms with van der Waals surface area (Å²) in [6, 6.07) is 18.5. The maximum Gasteiger partial charge on any atom is 0.295 e. The van der Waals surface area contributed by atoms with Crippen molar-refractivity contribution in [1.29, 1.82) is 0 Å². The van der Waals surface area contributed by atoms with Crippen LogP contribution in [0.5, 0.6) is 0 Å². The molecule has 0 unspecified atom stereocenters. The van der Waals surface area contributed by atoms with Gasteiger partial charge in [0.2, 0.25) is 0 Å². The molecule has 1 aromatic heterocycles. The number of fused-ring (bicyclic) bond motifs is 1. The van der Waals surface area contributed by atoms with Gasteiger partial charge >= 0.3 is 0 Å². The number of para-hydroxylation sites is 1. The van der Waals surface area contributed by atoms with E-state index in [4.69, 9.17) is 0 Å². The van der Waals surface area contributed by atoms with E-state index in [9.17, 15) is 10.1 Å². The molecule has 0 saturated carbocycles. The SMILES string of the molecule is O=[N+]([O-])c1cccc2ccc(NCc3ccccc3)nc12. The molecule has 0 fully saturated rings. The minimum atomic E-state index is -0.406. The van der Waals surface area contributed by atoms with Crippen molar-refractivity contribution in [3.05, 3.63) is 76.3 Å². The van der Waals surface area contributed by atoms with Crippen LogP contribution >= 0.6 is 0 Å². The standard InChI is InChI=1S/C16H13N3O2/c20-19(21)14-8-4-7-13-9-10-15(18-16(13)14)17-11-12-5-2-1-3-6-12/h1-10H,11H2,(H,17,18). The molecule has 1 N–H and O–H groups in total. The molecule has 0 atom stereocenters. The first-order chi connectivity index (χ1) is 10.2. The molecular weight excluding hydrogens is 266 g/mol. The van der Waals surface area contributed by atoms with Crippen LogP contribution in [-0.2, 0) is 6.54 Å². The van der Waals surface area contributed by atoms with Crippen molar-refractivity contribution in [1.82, 2.24) is 4.98 Å². The molecule has 5 nitrogen and oxygen atoms in total. The second-order valence-electron chi connectivity index (χ2n) is 4.64. The lowest BCUT2D eigenvalue weighted by molar-refractivity contribution is -0.383. The lowest BCUT2D eigenvalue weighted by atomic mass is 10.2. The molecule has 0 amide bonds. The number of hydrogen-bond donors (Lipinski definition) is 1. The molecule has 1 heterocycles. The van der Waals surface area contributed by atoms with Crippen LogP contribution in [0.4, 0.5) is 11.5 Å². The number of nitrogens with zero attached hydrogens (tertiary/aromatic N) is 2. The molecule has 5 heteroatoms. The fraction of sp³-hybridized carbons (Fsp3) is 0.0625. The number of non-ortho nitro benzene ring substituents is 1. The van der Waals surface area contributed by atoms with Crippen molar-refractivity contribution < 1.29 is 4.92 Å².